The maximum Gasteiger partial charge on any atom is 0.335 e. The number of methoxy groups -OCH3 is 1. The average molecular weight is 436 g/mol. The number of unbranched alkanes of at least 4 members (excludes halogenated alkanes) is 1. The molecule has 1 aromatic carbocycles. The van der Waals surface area contributed by atoms with Gasteiger partial charge in [0.25, 0.3) is 0 Å². The number of rotatable bonds is 10. The van der Waals surface area contributed by atoms with Crippen molar-refractivity contribution in [3.63, 3.8) is 0 Å². The summed E-state index contributed by atoms with van der Waals surface area (Å²) in [5.41, 5.74) is 0.0593. The van der Waals surface area contributed by atoms with Gasteiger partial charge in [0.2, 0.25) is 10.0 Å². The average Bonchev–Trinajstić information content (AvgIpc) is 3.32. The predicted octanol–water partition coefficient (Wildman–Crippen LogP) is 3.37. The van der Waals surface area contributed by atoms with E-state index in [-0.39, 0.29) is 28.4 Å². The Kier molecular flexibility index (Phi) is 7.31. The van der Waals surface area contributed by atoms with E-state index in [1.807, 2.05) is 0 Å². The molecule has 0 spiro atoms. The van der Waals surface area contributed by atoms with Crippen molar-refractivity contribution in [2.24, 2.45) is 17.8 Å². The van der Waals surface area contributed by atoms with E-state index in [1.165, 1.54) is 31.4 Å². The van der Waals surface area contributed by atoms with Crippen LogP contribution in [0.4, 0.5) is 0 Å². The van der Waals surface area contributed by atoms with Gasteiger partial charge in [-0.25, -0.2) is 17.9 Å². The third-order valence-electron chi connectivity index (χ3n) is 6.35. The number of hydrogen-bond acceptors (Lipinski definition) is 5. The van der Waals surface area contributed by atoms with Crippen molar-refractivity contribution in [1.82, 2.24) is 4.72 Å². The lowest BCUT2D eigenvalue weighted by molar-refractivity contribution is -0.140. The van der Waals surface area contributed by atoms with Crippen molar-refractivity contribution in [2.45, 2.75) is 55.9 Å². The van der Waals surface area contributed by atoms with Crippen LogP contribution in [-0.2, 0) is 19.6 Å². The quantitative estimate of drug-likeness (QED) is 0.331. The number of hydrogen-bond donors (Lipinski definition) is 2. The summed E-state index contributed by atoms with van der Waals surface area (Å²) in [6, 6.07) is 5.20. The highest BCUT2D eigenvalue weighted by molar-refractivity contribution is 7.89. The lowest BCUT2D eigenvalue weighted by Gasteiger charge is -2.31. The lowest BCUT2D eigenvalue weighted by Crippen LogP contribution is -2.43. The zero-order valence-corrected chi connectivity index (χ0v) is 17.9. The largest absolute Gasteiger partial charge is 0.478 e. The first kappa shape index (κ1) is 22.5. The Balaban J connectivity index is 1.60. The van der Waals surface area contributed by atoms with Gasteiger partial charge in [-0.15, -0.1) is 0 Å². The monoisotopic (exact) mass is 435 g/mol. The number of ether oxygens (including phenoxy) is 1. The van der Waals surface area contributed by atoms with Gasteiger partial charge < -0.3 is 9.84 Å². The SMILES string of the molecule is COC(=O)CCC/C=C\C[C@@H]1[C@H]2CC[C@H](C2)[C@H]1NS(=O)(=O)c1ccc(C(=O)O)cc1. The fourth-order valence-corrected chi connectivity index (χ4v) is 6.15. The van der Waals surface area contributed by atoms with Gasteiger partial charge in [-0.1, -0.05) is 12.2 Å². The van der Waals surface area contributed by atoms with Gasteiger partial charge in [-0.05, 0) is 80.5 Å². The van der Waals surface area contributed by atoms with Crippen molar-refractivity contribution < 1.29 is 27.9 Å². The van der Waals surface area contributed by atoms with Crippen LogP contribution < -0.4 is 4.72 Å². The molecule has 2 aliphatic rings. The van der Waals surface area contributed by atoms with Crippen LogP contribution in [0.5, 0.6) is 0 Å². The third kappa shape index (κ3) is 5.29. The maximum atomic E-state index is 12.9. The van der Waals surface area contributed by atoms with Gasteiger partial charge in [-0.2, -0.15) is 0 Å². The second-order valence-corrected chi connectivity index (χ2v) is 9.86. The molecule has 0 saturated heterocycles. The molecule has 2 saturated carbocycles. The summed E-state index contributed by atoms with van der Waals surface area (Å²) >= 11 is 0. The molecule has 1 aromatic rings. The Morgan fingerprint density at radius 2 is 1.87 bits per heavy atom. The molecular weight excluding hydrogens is 406 g/mol. The molecule has 4 atom stereocenters. The number of esters is 1. The molecule has 30 heavy (non-hydrogen) atoms. The van der Waals surface area contributed by atoms with Gasteiger partial charge in [0, 0.05) is 12.5 Å². The number of carboxylic acids is 1. The zero-order valence-electron chi connectivity index (χ0n) is 17.1. The molecule has 0 amide bonds. The van der Waals surface area contributed by atoms with E-state index in [9.17, 15) is 18.0 Å². The summed E-state index contributed by atoms with van der Waals surface area (Å²) in [6.45, 7) is 0. The minimum absolute atomic E-state index is 0.0593. The number of carbonyl (C=O) groups is 2. The van der Waals surface area contributed by atoms with Crippen LogP contribution in [0.15, 0.2) is 41.3 Å². The van der Waals surface area contributed by atoms with Gasteiger partial charge >= 0.3 is 11.9 Å². The second-order valence-electron chi connectivity index (χ2n) is 8.15. The van der Waals surface area contributed by atoms with Crippen LogP contribution in [-0.4, -0.2) is 38.6 Å². The van der Waals surface area contributed by atoms with E-state index in [4.69, 9.17) is 5.11 Å². The van der Waals surface area contributed by atoms with E-state index in [1.54, 1.807) is 0 Å². The predicted molar refractivity (Wildman–Crippen MR) is 111 cm³/mol. The molecule has 0 radical (unpaired) electrons. The number of benzene rings is 1. The molecule has 2 aliphatic carbocycles. The van der Waals surface area contributed by atoms with Crippen molar-refractivity contribution in [3.8, 4) is 0 Å². The molecule has 7 nitrogen and oxygen atoms in total. The van der Waals surface area contributed by atoms with Crippen LogP contribution in [0.25, 0.3) is 0 Å². The van der Waals surface area contributed by atoms with Crippen molar-refractivity contribution in [2.75, 3.05) is 7.11 Å². The van der Waals surface area contributed by atoms with E-state index in [0.717, 1.165) is 38.5 Å². The number of sulfonamides is 1. The molecular formula is C22H29NO6S. The normalized spacial score (nSPS) is 25.6. The molecule has 3 rings (SSSR count). The third-order valence-corrected chi connectivity index (χ3v) is 7.82. The first-order valence-electron chi connectivity index (χ1n) is 10.4. The van der Waals surface area contributed by atoms with Gasteiger partial charge in [0.15, 0.2) is 0 Å². The number of aromatic carboxylic acids is 1. The minimum atomic E-state index is -3.71. The Morgan fingerprint density at radius 1 is 1.17 bits per heavy atom. The van der Waals surface area contributed by atoms with Crippen molar-refractivity contribution in [3.05, 3.63) is 42.0 Å². The van der Waals surface area contributed by atoms with Crippen LogP contribution in [0.3, 0.4) is 0 Å². The van der Waals surface area contributed by atoms with E-state index >= 15 is 0 Å². The summed E-state index contributed by atoms with van der Waals surface area (Å²) in [7, 11) is -2.33. The van der Waals surface area contributed by atoms with E-state index in [0.29, 0.717) is 18.3 Å². The highest BCUT2D eigenvalue weighted by Crippen LogP contribution is 2.50. The highest BCUT2D eigenvalue weighted by Gasteiger charge is 2.48. The second kappa shape index (κ2) is 9.75. The summed E-state index contributed by atoms with van der Waals surface area (Å²) in [5, 5.41) is 9.00. The topological polar surface area (TPSA) is 110 Å². The summed E-state index contributed by atoms with van der Waals surface area (Å²) in [4.78, 5) is 22.2. The molecule has 0 aliphatic heterocycles. The first-order chi connectivity index (χ1) is 14.3. The molecule has 0 aromatic heterocycles. The zero-order chi connectivity index (χ0) is 21.7. The Labute approximate surface area is 177 Å². The maximum absolute atomic E-state index is 12.9. The summed E-state index contributed by atoms with van der Waals surface area (Å²) < 4.78 is 33.3. The molecule has 164 valence electrons. The van der Waals surface area contributed by atoms with E-state index in [2.05, 4.69) is 21.6 Å². The Morgan fingerprint density at radius 3 is 2.53 bits per heavy atom. The molecule has 0 heterocycles. The lowest BCUT2D eigenvalue weighted by atomic mass is 9.83. The first-order valence-corrected chi connectivity index (χ1v) is 11.9. The number of nitrogens with one attached hydrogen (secondary N) is 1. The smallest absolute Gasteiger partial charge is 0.335 e. The molecule has 0 unspecified atom stereocenters. The molecule has 2 bridgehead atoms. The Bertz CT molecular complexity index is 893. The van der Waals surface area contributed by atoms with Gasteiger partial charge in [0.1, 0.15) is 0 Å². The molecule has 2 N–H and O–H groups in total. The number of carboxylic acid groups (broad SMARTS) is 1. The number of allylic oxidation sites excluding steroid dienone is 2. The van der Waals surface area contributed by atoms with Crippen LogP contribution in [0, 0.1) is 17.8 Å². The van der Waals surface area contributed by atoms with Crippen molar-refractivity contribution in [1.29, 1.82) is 0 Å². The van der Waals surface area contributed by atoms with Gasteiger partial charge in [-0.3, -0.25) is 4.79 Å². The van der Waals surface area contributed by atoms with Crippen molar-refractivity contribution >= 4 is 22.0 Å². The van der Waals surface area contributed by atoms with Crippen LogP contribution >= 0.6 is 0 Å². The standard InChI is InChI=1S/C22H29NO6S/c1-29-20(24)7-5-3-2-4-6-19-16-8-9-17(14-16)21(19)23-30(27,28)18-12-10-15(11-13-18)22(25)26/h2,4,10-13,16-17,19,21,23H,3,5-9,14H2,1H3,(H,25,26)/b4-2-/t16-,17+,19+,21+/m0/s1. The molecule has 8 heteroatoms. The van der Waals surface area contributed by atoms with Crippen LogP contribution in [0.1, 0.15) is 55.3 Å². The summed E-state index contributed by atoms with van der Waals surface area (Å²) in [6.07, 6.45) is 10.1. The van der Waals surface area contributed by atoms with Gasteiger partial charge in [0.05, 0.1) is 17.6 Å². The highest BCUT2D eigenvalue weighted by atomic mass is 32.2. The number of carbonyl (C=O) groups excluding carboxylic acids is 1. The minimum Gasteiger partial charge on any atom is -0.478 e. The Hall–Kier alpha value is -2.19. The fraction of sp³-hybridized carbons (Fsp3) is 0.545. The summed E-state index contributed by atoms with van der Waals surface area (Å²) in [5.74, 6) is -0.160. The van der Waals surface area contributed by atoms with E-state index < -0.39 is 16.0 Å². The number of fused-ring (bicyclic) bond motifs is 2. The van der Waals surface area contributed by atoms with Crippen LogP contribution in [0.2, 0.25) is 0 Å². The fourth-order valence-electron chi connectivity index (χ4n) is 4.79. The molecule has 2 fully saturated rings.